The van der Waals surface area contributed by atoms with Gasteiger partial charge in [-0.15, -0.1) is 11.3 Å². The standard InChI is InChI=1S/C12H19BO2S/c1-8-7-10(16-9(8)2)13-14-11(3,4)12(5,6)15-13/h7H,1-6H3. The predicted molar refractivity (Wildman–Crippen MR) is 69.5 cm³/mol. The van der Waals surface area contributed by atoms with Gasteiger partial charge in [0.05, 0.1) is 11.2 Å². The van der Waals surface area contributed by atoms with Crippen LogP contribution >= 0.6 is 11.3 Å². The van der Waals surface area contributed by atoms with E-state index < -0.39 is 0 Å². The van der Waals surface area contributed by atoms with Crippen molar-refractivity contribution in [2.45, 2.75) is 52.7 Å². The van der Waals surface area contributed by atoms with Gasteiger partial charge in [0.1, 0.15) is 0 Å². The minimum absolute atomic E-state index is 0.206. The zero-order valence-electron chi connectivity index (χ0n) is 10.9. The molecule has 1 saturated heterocycles. The fourth-order valence-electron chi connectivity index (χ4n) is 1.68. The highest BCUT2D eigenvalue weighted by Gasteiger charge is 2.52. The predicted octanol–water partition coefficient (Wildman–Crippen LogP) is 2.66. The van der Waals surface area contributed by atoms with Crippen molar-refractivity contribution in [2.75, 3.05) is 0 Å². The summed E-state index contributed by atoms with van der Waals surface area (Å²) in [5, 5.41) is 0. The van der Waals surface area contributed by atoms with Gasteiger partial charge >= 0.3 is 7.12 Å². The van der Waals surface area contributed by atoms with Crippen LogP contribution in [0.3, 0.4) is 0 Å². The fourth-order valence-corrected chi connectivity index (χ4v) is 2.68. The molecule has 1 aliphatic rings. The Kier molecular flexibility index (Phi) is 2.72. The number of hydrogen-bond donors (Lipinski definition) is 0. The van der Waals surface area contributed by atoms with E-state index in [9.17, 15) is 0 Å². The van der Waals surface area contributed by atoms with Gasteiger partial charge in [-0.05, 0) is 53.2 Å². The summed E-state index contributed by atoms with van der Waals surface area (Å²) in [5.74, 6) is 0. The van der Waals surface area contributed by atoms with E-state index in [1.54, 1.807) is 11.3 Å². The average Bonchev–Trinajstić information content (AvgIpc) is 2.54. The van der Waals surface area contributed by atoms with Gasteiger partial charge in [-0.3, -0.25) is 0 Å². The Morgan fingerprint density at radius 3 is 1.94 bits per heavy atom. The summed E-state index contributed by atoms with van der Waals surface area (Å²) in [4.78, 5) is 1.34. The first-order valence-corrected chi connectivity index (χ1v) is 6.47. The maximum absolute atomic E-state index is 6.01. The summed E-state index contributed by atoms with van der Waals surface area (Å²) >= 11 is 1.76. The Morgan fingerprint density at radius 1 is 1.06 bits per heavy atom. The highest BCUT2D eigenvalue weighted by molar-refractivity contribution is 7.22. The first-order valence-electron chi connectivity index (χ1n) is 5.65. The lowest BCUT2D eigenvalue weighted by molar-refractivity contribution is 0.00578. The van der Waals surface area contributed by atoms with E-state index in [0.717, 1.165) is 0 Å². The fraction of sp³-hybridized carbons (Fsp3) is 0.667. The van der Waals surface area contributed by atoms with Gasteiger partial charge in [0.2, 0.25) is 0 Å². The van der Waals surface area contributed by atoms with Crippen molar-refractivity contribution in [1.82, 2.24) is 0 Å². The highest BCUT2D eigenvalue weighted by Crippen LogP contribution is 2.37. The molecule has 0 unspecified atom stereocenters. The van der Waals surface area contributed by atoms with Crippen LogP contribution in [0.25, 0.3) is 0 Å². The summed E-state index contributed by atoms with van der Waals surface area (Å²) in [6.45, 7) is 12.6. The minimum atomic E-state index is -0.247. The van der Waals surface area contributed by atoms with Crippen molar-refractivity contribution in [2.24, 2.45) is 0 Å². The molecule has 4 heteroatoms. The Balaban J connectivity index is 2.27. The van der Waals surface area contributed by atoms with Crippen LogP contribution in [0.2, 0.25) is 0 Å². The third-order valence-electron chi connectivity index (χ3n) is 3.67. The van der Waals surface area contributed by atoms with Crippen LogP contribution in [-0.4, -0.2) is 18.3 Å². The highest BCUT2D eigenvalue weighted by atomic mass is 32.1. The molecule has 1 fully saturated rings. The summed E-state index contributed by atoms with van der Waals surface area (Å²) in [7, 11) is -0.206. The zero-order valence-corrected chi connectivity index (χ0v) is 11.7. The number of rotatable bonds is 1. The first-order chi connectivity index (χ1) is 7.23. The molecule has 0 bridgehead atoms. The van der Waals surface area contributed by atoms with Gasteiger partial charge in [0, 0.05) is 9.65 Å². The summed E-state index contributed by atoms with van der Waals surface area (Å²) in [6, 6.07) is 2.17. The smallest absolute Gasteiger partial charge is 0.399 e. The maximum atomic E-state index is 6.01. The van der Waals surface area contributed by atoms with Gasteiger partial charge in [-0.25, -0.2) is 0 Å². The molecule has 16 heavy (non-hydrogen) atoms. The van der Waals surface area contributed by atoms with E-state index in [-0.39, 0.29) is 18.3 Å². The van der Waals surface area contributed by atoms with Crippen molar-refractivity contribution in [3.05, 3.63) is 16.5 Å². The first kappa shape index (κ1) is 12.2. The van der Waals surface area contributed by atoms with E-state index in [2.05, 4.69) is 47.6 Å². The van der Waals surface area contributed by atoms with Crippen molar-refractivity contribution < 1.29 is 9.31 Å². The Labute approximate surface area is 102 Å². The lowest BCUT2D eigenvalue weighted by atomic mass is 9.87. The number of aryl methyl sites for hydroxylation is 2. The Hall–Kier alpha value is -0.315. The Bertz CT molecular complexity index is 374. The molecule has 0 amide bonds. The second-order valence-corrected chi connectivity index (χ2v) is 6.76. The van der Waals surface area contributed by atoms with Crippen LogP contribution in [0.5, 0.6) is 0 Å². The normalized spacial score (nSPS) is 22.8. The van der Waals surface area contributed by atoms with E-state index in [4.69, 9.17) is 9.31 Å². The van der Waals surface area contributed by atoms with Crippen molar-refractivity contribution in [3.63, 3.8) is 0 Å². The SMILES string of the molecule is Cc1cc(B2OC(C)(C)C(C)(C)O2)sc1C. The van der Waals surface area contributed by atoms with Crippen molar-refractivity contribution >= 4 is 23.2 Å². The molecule has 0 atom stereocenters. The molecule has 1 aromatic rings. The number of hydrogen-bond acceptors (Lipinski definition) is 3. The molecular formula is C12H19BO2S. The molecule has 2 rings (SSSR count). The molecular weight excluding hydrogens is 219 g/mol. The molecule has 1 aromatic heterocycles. The molecule has 0 saturated carbocycles. The van der Waals surface area contributed by atoms with E-state index in [0.29, 0.717) is 0 Å². The van der Waals surface area contributed by atoms with Crippen LogP contribution in [0.4, 0.5) is 0 Å². The van der Waals surface area contributed by atoms with E-state index in [1.807, 2.05) is 0 Å². The Morgan fingerprint density at radius 2 is 1.56 bits per heavy atom. The lowest BCUT2D eigenvalue weighted by Crippen LogP contribution is -2.41. The van der Waals surface area contributed by atoms with E-state index in [1.165, 1.54) is 15.2 Å². The second kappa shape index (κ2) is 3.59. The molecule has 2 heterocycles. The lowest BCUT2D eigenvalue weighted by Gasteiger charge is -2.32. The quantitative estimate of drug-likeness (QED) is 0.700. The van der Waals surface area contributed by atoms with Crippen molar-refractivity contribution in [1.29, 1.82) is 0 Å². The molecule has 0 spiro atoms. The monoisotopic (exact) mass is 238 g/mol. The van der Waals surface area contributed by atoms with Crippen LogP contribution in [-0.2, 0) is 9.31 Å². The maximum Gasteiger partial charge on any atom is 0.505 e. The minimum Gasteiger partial charge on any atom is -0.399 e. The van der Waals surface area contributed by atoms with Crippen LogP contribution in [0.15, 0.2) is 6.07 Å². The molecule has 88 valence electrons. The molecule has 0 N–H and O–H groups in total. The summed E-state index contributed by atoms with van der Waals surface area (Å²) in [5.41, 5.74) is 0.821. The molecule has 0 aromatic carbocycles. The van der Waals surface area contributed by atoms with Crippen LogP contribution in [0.1, 0.15) is 38.1 Å². The molecule has 0 aliphatic carbocycles. The molecule has 0 radical (unpaired) electrons. The van der Waals surface area contributed by atoms with Gasteiger partial charge < -0.3 is 9.31 Å². The molecule has 1 aliphatic heterocycles. The van der Waals surface area contributed by atoms with Gasteiger partial charge in [-0.2, -0.15) is 0 Å². The summed E-state index contributed by atoms with van der Waals surface area (Å²) < 4.78 is 13.2. The van der Waals surface area contributed by atoms with E-state index >= 15 is 0 Å². The average molecular weight is 238 g/mol. The third-order valence-corrected chi connectivity index (χ3v) is 4.84. The van der Waals surface area contributed by atoms with Gasteiger partial charge in [0.15, 0.2) is 0 Å². The largest absolute Gasteiger partial charge is 0.505 e. The topological polar surface area (TPSA) is 18.5 Å². The van der Waals surface area contributed by atoms with Crippen molar-refractivity contribution in [3.8, 4) is 0 Å². The third kappa shape index (κ3) is 1.83. The van der Waals surface area contributed by atoms with Gasteiger partial charge in [-0.1, -0.05) is 0 Å². The van der Waals surface area contributed by atoms with Crippen LogP contribution < -0.4 is 4.78 Å². The van der Waals surface area contributed by atoms with Gasteiger partial charge in [0.25, 0.3) is 0 Å². The number of thiophene rings is 1. The zero-order chi connectivity index (χ0) is 12.1. The van der Waals surface area contributed by atoms with Crippen LogP contribution in [0, 0.1) is 13.8 Å². The second-order valence-electron chi connectivity index (χ2n) is 5.48. The molecule has 2 nitrogen and oxygen atoms in total. The summed E-state index contributed by atoms with van der Waals surface area (Å²) in [6.07, 6.45) is 0.